The molecule has 0 saturated carbocycles. The number of rotatable bonds is 5. The van der Waals surface area contributed by atoms with E-state index in [9.17, 15) is 18.0 Å². The van der Waals surface area contributed by atoms with Gasteiger partial charge >= 0.3 is 6.18 Å². The van der Waals surface area contributed by atoms with Gasteiger partial charge in [-0.3, -0.25) is 4.79 Å². The zero-order valence-electron chi connectivity index (χ0n) is 9.38. The summed E-state index contributed by atoms with van der Waals surface area (Å²) in [6.45, 7) is 1.09. The van der Waals surface area contributed by atoms with Gasteiger partial charge in [0.2, 0.25) is 0 Å². The predicted octanol–water partition coefficient (Wildman–Crippen LogP) is 3.15. The first-order valence-corrected chi connectivity index (χ1v) is 5.15. The maximum absolute atomic E-state index is 11.8. The lowest BCUT2D eigenvalue weighted by Gasteiger charge is -2.08. The Hall–Kier alpha value is -1.52. The summed E-state index contributed by atoms with van der Waals surface area (Å²) in [4.78, 5) is 10.8. The van der Waals surface area contributed by atoms with Crippen LogP contribution < -0.4 is 4.74 Å². The molecule has 0 fully saturated rings. The fraction of sp³-hybridized carbons (Fsp3) is 0.417. The van der Waals surface area contributed by atoms with Crippen LogP contribution in [-0.4, -0.2) is 18.6 Å². The van der Waals surface area contributed by atoms with Crippen molar-refractivity contribution >= 4 is 5.78 Å². The summed E-state index contributed by atoms with van der Waals surface area (Å²) in [5.74, 6) is 0.414. The van der Waals surface area contributed by atoms with Gasteiger partial charge in [0, 0.05) is 6.42 Å². The van der Waals surface area contributed by atoms with Gasteiger partial charge in [0.1, 0.15) is 11.5 Å². The zero-order valence-corrected chi connectivity index (χ0v) is 9.38. The molecule has 0 bridgehead atoms. The van der Waals surface area contributed by atoms with E-state index < -0.39 is 19.2 Å². The topological polar surface area (TPSA) is 26.3 Å². The van der Waals surface area contributed by atoms with Crippen LogP contribution in [0.3, 0.4) is 0 Å². The van der Waals surface area contributed by atoms with Crippen LogP contribution in [0.2, 0.25) is 0 Å². The molecule has 0 N–H and O–H groups in total. The van der Waals surface area contributed by atoms with E-state index >= 15 is 0 Å². The molecule has 0 radical (unpaired) electrons. The van der Waals surface area contributed by atoms with Gasteiger partial charge in [-0.1, -0.05) is 12.1 Å². The van der Waals surface area contributed by atoms with Gasteiger partial charge in [0.05, 0.1) is 13.0 Å². The summed E-state index contributed by atoms with van der Waals surface area (Å²) in [5, 5.41) is 0. The monoisotopic (exact) mass is 246 g/mol. The SMILES string of the molecule is CC(=O)Cc1ccc(OCCC(F)(F)F)cc1. The molecule has 0 amide bonds. The van der Waals surface area contributed by atoms with Crippen LogP contribution in [0.4, 0.5) is 13.2 Å². The maximum atomic E-state index is 11.8. The Kier molecular flexibility index (Phi) is 4.54. The highest BCUT2D eigenvalue weighted by Gasteiger charge is 2.26. The van der Waals surface area contributed by atoms with Crippen LogP contribution in [0.15, 0.2) is 24.3 Å². The summed E-state index contributed by atoms with van der Waals surface area (Å²) >= 11 is 0. The number of hydrogen-bond acceptors (Lipinski definition) is 2. The minimum atomic E-state index is -4.20. The number of Topliss-reactive ketones (excluding diaryl/α,β-unsaturated/α-hetero) is 1. The minimum Gasteiger partial charge on any atom is -0.493 e. The summed E-state index contributed by atoms with van der Waals surface area (Å²) < 4.78 is 40.5. The number of benzene rings is 1. The van der Waals surface area contributed by atoms with Gasteiger partial charge < -0.3 is 4.74 Å². The smallest absolute Gasteiger partial charge is 0.392 e. The Morgan fingerprint density at radius 2 is 1.82 bits per heavy atom. The molecule has 0 aliphatic heterocycles. The predicted molar refractivity (Wildman–Crippen MR) is 57.0 cm³/mol. The molecule has 2 nitrogen and oxygen atoms in total. The average Bonchev–Trinajstić information content (AvgIpc) is 2.18. The van der Waals surface area contributed by atoms with Gasteiger partial charge in [0.25, 0.3) is 0 Å². The van der Waals surface area contributed by atoms with E-state index in [-0.39, 0.29) is 5.78 Å². The van der Waals surface area contributed by atoms with Crippen molar-refractivity contribution in [2.45, 2.75) is 25.9 Å². The van der Waals surface area contributed by atoms with Crippen molar-refractivity contribution in [3.8, 4) is 5.75 Å². The largest absolute Gasteiger partial charge is 0.493 e. The molecule has 0 atom stereocenters. The summed E-state index contributed by atoms with van der Waals surface area (Å²) in [7, 11) is 0. The Morgan fingerprint density at radius 3 is 2.29 bits per heavy atom. The van der Waals surface area contributed by atoms with Crippen molar-refractivity contribution < 1.29 is 22.7 Å². The molecular formula is C12H13F3O2. The molecule has 0 spiro atoms. The molecule has 0 saturated heterocycles. The molecule has 0 unspecified atom stereocenters. The lowest BCUT2D eigenvalue weighted by atomic mass is 10.1. The molecule has 1 aromatic rings. The van der Waals surface area contributed by atoms with Crippen molar-refractivity contribution in [1.29, 1.82) is 0 Å². The van der Waals surface area contributed by atoms with E-state index in [1.54, 1.807) is 24.3 Å². The Labute approximate surface area is 97.4 Å². The third kappa shape index (κ3) is 5.94. The Balaban J connectivity index is 2.43. The van der Waals surface area contributed by atoms with Crippen molar-refractivity contribution in [2.75, 3.05) is 6.61 Å². The molecule has 1 aromatic carbocycles. The highest BCUT2D eigenvalue weighted by atomic mass is 19.4. The van der Waals surface area contributed by atoms with Crippen LogP contribution in [0.5, 0.6) is 5.75 Å². The second kappa shape index (κ2) is 5.70. The number of ether oxygens (including phenoxy) is 1. The highest BCUT2D eigenvalue weighted by Crippen LogP contribution is 2.20. The zero-order chi connectivity index (χ0) is 12.9. The van der Waals surface area contributed by atoms with E-state index in [1.807, 2.05) is 0 Å². The van der Waals surface area contributed by atoms with Crippen molar-refractivity contribution in [3.63, 3.8) is 0 Å². The molecule has 0 aromatic heterocycles. The normalized spacial score (nSPS) is 11.3. The van der Waals surface area contributed by atoms with Gasteiger partial charge in [-0.25, -0.2) is 0 Å². The summed E-state index contributed by atoms with van der Waals surface area (Å²) in [6.07, 6.45) is -4.85. The van der Waals surface area contributed by atoms with E-state index in [2.05, 4.69) is 0 Å². The first kappa shape index (κ1) is 13.5. The molecule has 94 valence electrons. The number of carbonyl (C=O) groups excluding carboxylic acids is 1. The Morgan fingerprint density at radius 1 is 1.24 bits per heavy atom. The molecule has 0 heterocycles. The summed E-state index contributed by atoms with van der Waals surface area (Å²) in [6, 6.07) is 6.47. The fourth-order valence-electron chi connectivity index (χ4n) is 1.28. The van der Waals surface area contributed by atoms with Gasteiger partial charge in [-0.05, 0) is 24.6 Å². The van der Waals surface area contributed by atoms with Gasteiger partial charge in [-0.15, -0.1) is 0 Å². The maximum Gasteiger partial charge on any atom is 0.392 e. The molecule has 5 heteroatoms. The number of carbonyl (C=O) groups is 1. The molecular weight excluding hydrogens is 233 g/mol. The van der Waals surface area contributed by atoms with Gasteiger partial charge in [-0.2, -0.15) is 13.2 Å². The van der Waals surface area contributed by atoms with Crippen LogP contribution in [0.1, 0.15) is 18.9 Å². The summed E-state index contributed by atoms with van der Waals surface area (Å²) in [5.41, 5.74) is 0.820. The van der Waals surface area contributed by atoms with Crippen LogP contribution >= 0.6 is 0 Å². The first-order valence-electron chi connectivity index (χ1n) is 5.15. The molecule has 0 aliphatic rings. The molecule has 0 aliphatic carbocycles. The van der Waals surface area contributed by atoms with Crippen LogP contribution in [-0.2, 0) is 11.2 Å². The van der Waals surface area contributed by atoms with Crippen molar-refractivity contribution in [1.82, 2.24) is 0 Å². The number of halogens is 3. The van der Waals surface area contributed by atoms with E-state index in [0.717, 1.165) is 5.56 Å². The number of alkyl halides is 3. The first-order chi connectivity index (χ1) is 7.87. The lowest BCUT2D eigenvalue weighted by Crippen LogP contribution is -2.13. The van der Waals surface area contributed by atoms with Crippen molar-refractivity contribution in [2.24, 2.45) is 0 Å². The van der Waals surface area contributed by atoms with E-state index in [1.165, 1.54) is 6.92 Å². The quantitative estimate of drug-likeness (QED) is 0.797. The third-order valence-corrected chi connectivity index (χ3v) is 2.03. The minimum absolute atomic E-state index is 0.0377. The number of ketones is 1. The average molecular weight is 246 g/mol. The fourth-order valence-corrected chi connectivity index (χ4v) is 1.28. The van der Waals surface area contributed by atoms with Gasteiger partial charge in [0.15, 0.2) is 0 Å². The Bertz CT molecular complexity index is 368. The van der Waals surface area contributed by atoms with E-state index in [0.29, 0.717) is 12.2 Å². The second-order valence-electron chi connectivity index (χ2n) is 3.74. The molecule has 17 heavy (non-hydrogen) atoms. The standard InChI is InChI=1S/C12H13F3O2/c1-9(16)8-10-2-4-11(5-3-10)17-7-6-12(13,14)15/h2-5H,6-8H2,1H3. The van der Waals surface area contributed by atoms with Crippen molar-refractivity contribution in [3.05, 3.63) is 29.8 Å². The lowest BCUT2D eigenvalue weighted by molar-refractivity contribution is -0.139. The van der Waals surface area contributed by atoms with E-state index in [4.69, 9.17) is 4.74 Å². The van der Waals surface area contributed by atoms with Crippen LogP contribution in [0.25, 0.3) is 0 Å². The molecule has 1 rings (SSSR count). The highest BCUT2D eigenvalue weighted by molar-refractivity contribution is 5.78. The van der Waals surface area contributed by atoms with Crippen LogP contribution in [0, 0.1) is 0 Å². The third-order valence-electron chi connectivity index (χ3n) is 2.03. The second-order valence-corrected chi connectivity index (χ2v) is 3.74. The number of hydrogen-bond donors (Lipinski definition) is 0.